The van der Waals surface area contributed by atoms with Gasteiger partial charge in [-0.2, -0.15) is 5.10 Å². The minimum Gasteiger partial charge on any atom is -0.309 e. The topological polar surface area (TPSA) is 103 Å². The average molecular weight is 431 g/mol. The summed E-state index contributed by atoms with van der Waals surface area (Å²) in [7, 11) is -1.06. The predicted molar refractivity (Wildman–Crippen MR) is 121 cm³/mol. The molecule has 162 valence electrons. The summed E-state index contributed by atoms with van der Waals surface area (Å²) in [5.41, 5.74) is 1.12. The third-order valence-corrected chi connectivity index (χ3v) is 9.53. The maximum atomic E-state index is 13.2. The molecule has 0 atom stereocenters. The number of hydrogen-bond donors (Lipinski definition) is 3. The van der Waals surface area contributed by atoms with Crippen LogP contribution >= 0.6 is 10.0 Å². The Kier molecular flexibility index (Phi) is 4.84. The number of carbonyl (C=O) groups excluding carboxylic acids is 2. The number of amides is 3. The number of aromatic amines is 1. The maximum Gasteiger partial charge on any atom is 0.324 e. The van der Waals surface area contributed by atoms with E-state index in [1.165, 1.54) is 0 Å². The van der Waals surface area contributed by atoms with Crippen LogP contribution in [0.3, 0.4) is 0 Å². The van der Waals surface area contributed by atoms with Crippen molar-refractivity contribution in [3.8, 4) is 0 Å². The largest absolute Gasteiger partial charge is 0.324 e. The van der Waals surface area contributed by atoms with E-state index >= 15 is 0 Å². The van der Waals surface area contributed by atoms with Gasteiger partial charge in [-0.1, -0.05) is 6.07 Å². The number of urea groups is 1. The zero-order chi connectivity index (χ0) is 21.7. The SMILES string of the molecule is CC1(C)c2[nH]nc(NC(=O)C3(S(C)(C)C)CCC3)c2CN1C(=O)Nc1ccccn1. The van der Waals surface area contributed by atoms with E-state index in [0.717, 1.165) is 30.5 Å². The number of aromatic nitrogens is 3. The molecular weight excluding hydrogens is 400 g/mol. The van der Waals surface area contributed by atoms with Crippen LogP contribution in [0.5, 0.6) is 0 Å². The predicted octanol–water partition coefficient (Wildman–Crippen LogP) is 3.64. The Morgan fingerprint density at radius 1 is 1.17 bits per heavy atom. The normalized spacial score (nSPS) is 19.6. The van der Waals surface area contributed by atoms with Crippen LogP contribution in [-0.4, -0.2) is 55.5 Å². The van der Waals surface area contributed by atoms with Gasteiger partial charge in [0.1, 0.15) is 5.82 Å². The number of nitrogens with one attached hydrogen (secondary N) is 3. The minimum atomic E-state index is -1.06. The molecule has 9 heteroatoms. The lowest BCUT2D eigenvalue weighted by Crippen LogP contribution is -2.51. The second kappa shape index (κ2) is 7.01. The van der Waals surface area contributed by atoms with Crippen LogP contribution < -0.4 is 10.6 Å². The summed E-state index contributed by atoms with van der Waals surface area (Å²) >= 11 is 0. The molecule has 0 saturated heterocycles. The second-order valence-corrected chi connectivity index (χ2v) is 13.8. The summed E-state index contributed by atoms with van der Waals surface area (Å²) in [6.07, 6.45) is 11.2. The lowest BCUT2D eigenvalue weighted by molar-refractivity contribution is -0.120. The molecule has 1 fully saturated rings. The number of carbonyl (C=O) groups is 2. The van der Waals surface area contributed by atoms with Gasteiger partial charge in [0.05, 0.1) is 22.5 Å². The summed E-state index contributed by atoms with van der Waals surface area (Å²) in [6, 6.07) is 5.14. The standard InChI is InChI=1S/C21H30N6O2S/c1-20(2)16-14(13-27(20)19(29)23-15-9-6-7-12-22-15)17(26-25-16)24-18(28)21(10-8-11-21)30(3,4)5/h6-7,9,12H,8,10-11,13H2,1-5H3,(H,22,23,29)(H2,24,25,26,28). The number of anilines is 2. The molecule has 3 N–H and O–H groups in total. The molecule has 0 unspecified atom stereocenters. The maximum absolute atomic E-state index is 13.2. The van der Waals surface area contributed by atoms with Crippen LogP contribution in [0.15, 0.2) is 24.4 Å². The van der Waals surface area contributed by atoms with E-state index in [2.05, 4.69) is 44.6 Å². The average Bonchev–Trinajstić information content (AvgIpc) is 3.12. The van der Waals surface area contributed by atoms with Gasteiger partial charge in [0.15, 0.2) is 5.82 Å². The zero-order valence-corrected chi connectivity index (χ0v) is 19.0. The molecule has 30 heavy (non-hydrogen) atoms. The summed E-state index contributed by atoms with van der Waals surface area (Å²) in [5.74, 6) is 1.09. The molecule has 2 aliphatic rings. The molecule has 1 aliphatic heterocycles. The molecule has 4 rings (SSSR count). The van der Waals surface area contributed by atoms with Crippen molar-refractivity contribution < 1.29 is 9.59 Å². The molecule has 2 aromatic heterocycles. The number of pyridine rings is 1. The number of nitrogens with zero attached hydrogens (tertiary/aromatic N) is 3. The van der Waals surface area contributed by atoms with E-state index in [0.29, 0.717) is 18.2 Å². The van der Waals surface area contributed by atoms with Crippen molar-refractivity contribution in [2.45, 2.75) is 49.9 Å². The van der Waals surface area contributed by atoms with E-state index in [1.54, 1.807) is 23.2 Å². The van der Waals surface area contributed by atoms with Gasteiger partial charge in [0.25, 0.3) is 0 Å². The van der Waals surface area contributed by atoms with Crippen LogP contribution in [0.25, 0.3) is 0 Å². The molecule has 8 nitrogen and oxygen atoms in total. The zero-order valence-electron chi connectivity index (χ0n) is 18.2. The van der Waals surface area contributed by atoms with E-state index in [9.17, 15) is 9.59 Å². The Balaban J connectivity index is 1.54. The van der Waals surface area contributed by atoms with Gasteiger partial charge < -0.3 is 10.2 Å². The van der Waals surface area contributed by atoms with Crippen LogP contribution in [-0.2, 0) is 16.9 Å². The van der Waals surface area contributed by atoms with E-state index < -0.39 is 15.6 Å². The Morgan fingerprint density at radius 3 is 2.47 bits per heavy atom. The summed E-state index contributed by atoms with van der Waals surface area (Å²) in [6.45, 7) is 4.29. The van der Waals surface area contributed by atoms with Crippen molar-refractivity contribution in [1.82, 2.24) is 20.1 Å². The number of fused-ring (bicyclic) bond motifs is 1. The molecule has 1 aliphatic carbocycles. The highest BCUT2D eigenvalue weighted by Gasteiger charge is 2.51. The fourth-order valence-electron chi connectivity index (χ4n) is 4.40. The van der Waals surface area contributed by atoms with Crippen LogP contribution in [0.1, 0.15) is 44.4 Å². The van der Waals surface area contributed by atoms with Gasteiger partial charge in [0, 0.05) is 11.8 Å². The Bertz CT molecular complexity index is 975. The Morgan fingerprint density at radius 2 is 1.90 bits per heavy atom. The third-order valence-electron chi connectivity index (χ3n) is 6.59. The Labute approximate surface area is 178 Å². The highest BCUT2D eigenvalue weighted by atomic mass is 32.3. The molecule has 0 radical (unpaired) electrons. The highest BCUT2D eigenvalue weighted by Crippen LogP contribution is 2.60. The van der Waals surface area contributed by atoms with Crippen molar-refractivity contribution in [3.63, 3.8) is 0 Å². The van der Waals surface area contributed by atoms with Crippen LogP contribution in [0.2, 0.25) is 0 Å². The van der Waals surface area contributed by atoms with Crippen LogP contribution in [0, 0.1) is 0 Å². The van der Waals surface area contributed by atoms with Gasteiger partial charge in [0.2, 0.25) is 5.91 Å². The number of H-pyrrole nitrogens is 1. The van der Waals surface area contributed by atoms with E-state index in [4.69, 9.17) is 0 Å². The summed E-state index contributed by atoms with van der Waals surface area (Å²) in [5, 5.41) is 13.4. The molecular formula is C21H30N6O2S. The van der Waals surface area contributed by atoms with Crippen molar-refractivity contribution in [1.29, 1.82) is 0 Å². The molecule has 2 aromatic rings. The first-order valence-electron chi connectivity index (χ1n) is 10.1. The molecule has 0 bridgehead atoms. The van der Waals surface area contributed by atoms with Gasteiger partial charge >= 0.3 is 6.03 Å². The highest BCUT2D eigenvalue weighted by molar-refractivity contribution is 8.33. The molecule has 0 spiro atoms. The number of rotatable bonds is 4. The second-order valence-electron chi connectivity index (χ2n) is 9.36. The van der Waals surface area contributed by atoms with Crippen molar-refractivity contribution >= 4 is 33.6 Å². The summed E-state index contributed by atoms with van der Waals surface area (Å²) < 4.78 is -0.289. The first kappa shape index (κ1) is 20.7. The van der Waals surface area contributed by atoms with Gasteiger partial charge in [-0.25, -0.2) is 19.8 Å². The molecule has 0 aromatic carbocycles. The third kappa shape index (κ3) is 3.15. The lowest BCUT2D eigenvalue weighted by Gasteiger charge is -2.53. The van der Waals surface area contributed by atoms with E-state index in [-0.39, 0.29) is 16.7 Å². The fraction of sp³-hybridized carbons (Fsp3) is 0.524. The fourth-order valence-corrected chi connectivity index (χ4v) is 6.52. The van der Waals surface area contributed by atoms with E-state index in [1.807, 2.05) is 19.9 Å². The quantitative estimate of drug-likeness (QED) is 0.689. The lowest BCUT2D eigenvalue weighted by atomic mass is 9.83. The minimum absolute atomic E-state index is 0.0553. The molecule has 1 saturated carbocycles. The van der Waals surface area contributed by atoms with Gasteiger partial charge in [-0.05, 0) is 64.0 Å². The number of hydrogen-bond acceptors (Lipinski definition) is 4. The first-order valence-corrected chi connectivity index (χ1v) is 13.0. The molecule has 3 amide bonds. The Hall–Kier alpha value is -2.55. The summed E-state index contributed by atoms with van der Waals surface area (Å²) in [4.78, 5) is 32.1. The van der Waals surface area contributed by atoms with Crippen molar-refractivity contribution in [2.24, 2.45) is 0 Å². The monoisotopic (exact) mass is 430 g/mol. The van der Waals surface area contributed by atoms with Crippen molar-refractivity contribution in [3.05, 3.63) is 35.7 Å². The van der Waals surface area contributed by atoms with Gasteiger partial charge in [-0.15, -0.1) is 0 Å². The first-order chi connectivity index (χ1) is 14.1. The molecule has 3 heterocycles. The smallest absolute Gasteiger partial charge is 0.309 e. The van der Waals surface area contributed by atoms with Crippen LogP contribution in [0.4, 0.5) is 16.4 Å². The van der Waals surface area contributed by atoms with Crippen molar-refractivity contribution in [2.75, 3.05) is 29.4 Å². The van der Waals surface area contributed by atoms with Gasteiger partial charge in [-0.3, -0.25) is 15.2 Å².